The zero-order chi connectivity index (χ0) is 25.1. The summed E-state index contributed by atoms with van der Waals surface area (Å²) in [4.78, 5) is 59.6. The van der Waals surface area contributed by atoms with Crippen LogP contribution in [-0.2, 0) is 30.4 Å². The highest BCUT2D eigenvalue weighted by Gasteiger charge is 2.26. The molecule has 8 nitrogen and oxygen atoms in total. The number of rotatable bonds is 12. The lowest BCUT2D eigenvalue weighted by molar-refractivity contribution is -0.125. The van der Waals surface area contributed by atoms with Crippen molar-refractivity contribution in [3.05, 3.63) is 35.4 Å². The molecule has 0 aromatic heterocycles. The second kappa shape index (κ2) is 14.0. The van der Waals surface area contributed by atoms with E-state index in [2.05, 4.69) is 24.5 Å². The van der Waals surface area contributed by atoms with E-state index in [1.165, 1.54) is 19.4 Å². The molecule has 0 saturated heterocycles. The highest BCUT2D eigenvalue weighted by atomic mass is 32.2. The highest BCUT2D eigenvalue weighted by Crippen LogP contribution is 2.24. The van der Waals surface area contributed by atoms with Gasteiger partial charge in [0.15, 0.2) is 5.12 Å². The summed E-state index contributed by atoms with van der Waals surface area (Å²) in [6.07, 6.45) is 0.966. The topological polar surface area (TPSA) is 135 Å². The Morgan fingerprint density at radius 1 is 0.818 bits per heavy atom. The van der Waals surface area contributed by atoms with E-state index in [-0.39, 0.29) is 22.5 Å². The smallest absolute Gasteiger partial charge is 0.240 e. The van der Waals surface area contributed by atoms with Crippen LogP contribution >= 0.6 is 23.5 Å². The van der Waals surface area contributed by atoms with Crippen molar-refractivity contribution >= 4 is 51.5 Å². The van der Waals surface area contributed by atoms with Crippen molar-refractivity contribution in [2.75, 3.05) is 11.5 Å². The van der Waals surface area contributed by atoms with Crippen LogP contribution in [0.25, 0.3) is 0 Å². The van der Waals surface area contributed by atoms with E-state index in [0.717, 1.165) is 35.5 Å². The molecule has 0 saturated carbocycles. The molecular formula is C23H33N3O5S2. The Labute approximate surface area is 203 Å². The molecule has 0 heterocycles. The van der Waals surface area contributed by atoms with E-state index in [0.29, 0.717) is 5.92 Å². The summed E-state index contributed by atoms with van der Waals surface area (Å²) >= 11 is 1.75. The number of hydrogen-bond acceptors (Lipinski definition) is 7. The second-order valence-electron chi connectivity index (χ2n) is 8.23. The molecule has 10 heteroatoms. The zero-order valence-corrected chi connectivity index (χ0v) is 21.3. The minimum absolute atomic E-state index is 0.0569. The Kier molecular flexibility index (Phi) is 12.2. The Balaban J connectivity index is 2.73. The second-order valence-corrected chi connectivity index (χ2v) is 10.3. The first kappa shape index (κ1) is 28.7. The third kappa shape index (κ3) is 10.9. The van der Waals surface area contributed by atoms with Crippen LogP contribution in [0.15, 0.2) is 24.3 Å². The number of amides is 3. The summed E-state index contributed by atoms with van der Waals surface area (Å²) in [6, 6.07) is 6.00. The summed E-state index contributed by atoms with van der Waals surface area (Å²) in [7, 11) is 0. The fourth-order valence-electron chi connectivity index (χ4n) is 2.96. The van der Waals surface area contributed by atoms with Crippen LogP contribution in [-0.4, -0.2) is 51.5 Å². The lowest BCUT2D eigenvalue weighted by atomic mass is 9.97. The Bertz CT molecular complexity index is 858. The predicted molar refractivity (Wildman–Crippen MR) is 133 cm³/mol. The normalized spacial score (nSPS) is 13.6. The van der Waals surface area contributed by atoms with Crippen LogP contribution < -0.4 is 16.4 Å². The van der Waals surface area contributed by atoms with Gasteiger partial charge in [-0.1, -0.05) is 68.6 Å². The lowest BCUT2D eigenvalue weighted by Gasteiger charge is -2.19. The van der Waals surface area contributed by atoms with E-state index in [1.54, 1.807) is 0 Å². The average Bonchev–Trinajstić information content (AvgIpc) is 2.72. The Hall–Kier alpha value is -2.33. The van der Waals surface area contributed by atoms with Crippen LogP contribution in [0.1, 0.15) is 51.7 Å². The van der Waals surface area contributed by atoms with Gasteiger partial charge in [-0.05, 0) is 23.5 Å². The van der Waals surface area contributed by atoms with Crippen LogP contribution in [0, 0.1) is 5.92 Å². The molecule has 3 amide bonds. The maximum absolute atomic E-state index is 12.7. The number of thioether (sulfide) groups is 2. The molecule has 1 aromatic carbocycles. The van der Waals surface area contributed by atoms with E-state index in [4.69, 9.17) is 5.73 Å². The molecule has 0 spiro atoms. The molecule has 0 aliphatic carbocycles. The molecule has 0 aliphatic heterocycles. The monoisotopic (exact) mass is 495 g/mol. The van der Waals surface area contributed by atoms with Gasteiger partial charge in [-0.3, -0.25) is 24.0 Å². The Morgan fingerprint density at radius 2 is 1.30 bits per heavy atom. The first-order valence-corrected chi connectivity index (χ1v) is 12.6. The van der Waals surface area contributed by atoms with Gasteiger partial charge >= 0.3 is 0 Å². The zero-order valence-electron chi connectivity index (χ0n) is 19.7. The summed E-state index contributed by atoms with van der Waals surface area (Å²) < 4.78 is 0. The van der Waals surface area contributed by atoms with Crippen LogP contribution in [0.2, 0.25) is 0 Å². The minimum Gasteiger partial charge on any atom is -0.368 e. The van der Waals surface area contributed by atoms with Crippen molar-refractivity contribution in [2.45, 2.75) is 59.0 Å². The SMILES string of the molecule is CC(=O)NC(CSC(=O)C(CSC(=O)[C@H](C)c1ccc(CC(C)C)cc1)NC(C)=O)C(N)=O. The quantitative estimate of drug-likeness (QED) is 0.403. The van der Waals surface area contributed by atoms with Gasteiger partial charge in [0.05, 0.1) is 5.92 Å². The third-order valence-electron chi connectivity index (χ3n) is 4.64. The van der Waals surface area contributed by atoms with Crippen molar-refractivity contribution in [3.63, 3.8) is 0 Å². The number of nitrogens with two attached hydrogens (primary N) is 1. The number of nitrogens with one attached hydrogen (secondary N) is 2. The van der Waals surface area contributed by atoms with Gasteiger partial charge in [-0.25, -0.2) is 0 Å². The van der Waals surface area contributed by atoms with Gasteiger partial charge < -0.3 is 16.4 Å². The third-order valence-corrected chi connectivity index (χ3v) is 6.85. The van der Waals surface area contributed by atoms with Gasteiger partial charge in [-0.2, -0.15) is 0 Å². The molecule has 33 heavy (non-hydrogen) atoms. The van der Waals surface area contributed by atoms with E-state index in [9.17, 15) is 24.0 Å². The van der Waals surface area contributed by atoms with Crippen LogP contribution in [0.3, 0.4) is 0 Å². The summed E-state index contributed by atoms with van der Waals surface area (Å²) in [5, 5.41) is 4.38. The molecule has 2 unspecified atom stereocenters. The standard InChI is InChI=1S/C23H33N3O5S2/c1-13(2)10-17-6-8-18(9-7-17)14(3)22(30)32-12-20(26-16(5)28)23(31)33-11-19(21(24)29)25-15(4)27/h6-9,13-14,19-20H,10-12H2,1-5H3,(H2,24,29)(H,25,27)(H,26,28)/t14-,19?,20?/m1/s1. The summed E-state index contributed by atoms with van der Waals surface area (Å²) in [5.74, 6) is -1.46. The van der Waals surface area contributed by atoms with Gasteiger partial charge in [-0.15, -0.1) is 0 Å². The van der Waals surface area contributed by atoms with E-state index >= 15 is 0 Å². The van der Waals surface area contributed by atoms with Gasteiger partial charge in [0.2, 0.25) is 22.8 Å². The molecule has 1 aromatic rings. The largest absolute Gasteiger partial charge is 0.368 e. The molecule has 0 radical (unpaired) electrons. The van der Waals surface area contributed by atoms with E-state index in [1.807, 2.05) is 31.2 Å². The van der Waals surface area contributed by atoms with Crippen molar-refractivity contribution in [1.29, 1.82) is 0 Å². The molecule has 3 atom stereocenters. The fraction of sp³-hybridized carbons (Fsp3) is 0.522. The molecule has 182 valence electrons. The molecular weight excluding hydrogens is 462 g/mol. The highest BCUT2D eigenvalue weighted by molar-refractivity contribution is 8.15. The molecule has 4 N–H and O–H groups in total. The number of benzene rings is 1. The number of carbonyl (C=O) groups excluding carboxylic acids is 5. The summed E-state index contributed by atoms with van der Waals surface area (Å²) in [6.45, 7) is 8.62. The first-order valence-electron chi connectivity index (χ1n) is 10.7. The number of carbonyl (C=O) groups is 5. The first-order chi connectivity index (χ1) is 15.4. The molecule has 0 fully saturated rings. The van der Waals surface area contributed by atoms with Crippen molar-refractivity contribution in [2.24, 2.45) is 11.7 Å². The molecule has 0 bridgehead atoms. The maximum atomic E-state index is 12.7. The Morgan fingerprint density at radius 3 is 1.79 bits per heavy atom. The average molecular weight is 496 g/mol. The van der Waals surface area contributed by atoms with E-state index < -0.39 is 34.9 Å². The lowest BCUT2D eigenvalue weighted by Crippen LogP contribution is -2.46. The molecule has 0 aliphatic rings. The van der Waals surface area contributed by atoms with Gasteiger partial charge in [0, 0.05) is 25.4 Å². The number of hydrogen-bond donors (Lipinski definition) is 3. The minimum atomic E-state index is -1.01. The van der Waals surface area contributed by atoms with Crippen LogP contribution in [0.4, 0.5) is 0 Å². The predicted octanol–water partition coefficient (Wildman–Crippen LogP) is 2.00. The molecule has 1 rings (SSSR count). The van der Waals surface area contributed by atoms with Gasteiger partial charge in [0.25, 0.3) is 0 Å². The fourth-order valence-corrected chi connectivity index (χ4v) is 4.94. The maximum Gasteiger partial charge on any atom is 0.240 e. The van der Waals surface area contributed by atoms with Crippen molar-refractivity contribution in [3.8, 4) is 0 Å². The number of primary amides is 1. The van der Waals surface area contributed by atoms with Crippen molar-refractivity contribution in [1.82, 2.24) is 10.6 Å². The van der Waals surface area contributed by atoms with Gasteiger partial charge in [0.1, 0.15) is 12.1 Å². The van der Waals surface area contributed by atoms with Crippen LogP contribution in [0.5, 0.6) is 0 Å². The summed E-state index contributed by atoms with van der Waals surface area (Å²) in [5.41, 5.74) is 7.35. The van der Waals surface area contributed by atoms with Crippen molar-refractivity contribution < 1.29 is 24.0 Å².